The van der Waals surface area contributed by atoms with Crippen LogP contribution in [0.2, 0.25) is 0 Å². The second kappa shape index (κ2) is 8.19. The molecule has 1 aliphatic heterocycles. The molecule has 0 saturated carbocycles. The first-order chi connectivity index (χ1) is 15.6. The van der Waals surface area contributed by atoms with Gasteiger partial charge in [0.05, 0.1) is 31.2 Å². The van der Waals surface area contributed by atoms with Gasteiger partial charge in [0.2, 0.25) is 5.91 Å². The summed E-state index contributed by atoms with van der Waals surface area (Å²) in [5, 5.41) is 12.3. The maximum Gasteiger partial charge on any atom is 0.416 e. The fourth-order valence-corrected chi connectivity index (χ4v) is 4.02. The average Bonchev–Trinajstić information content (AvgIpc) is 3.17. The van der Waals surface area contributed by atoms with Gasteiger partial charge in [0.15, 0.2) is 11.5 Å². The predicted molar refractivity (Wildman–Crippen MR) is 112 cm³/mol. The van der Waals surface area contributed by atoms with Gasteiger partial charge in [0, 0.05) is 24.2 Å². The average molecular weight is 460 g/mol. The maximum atomic E-state index is 13.3. The highest BCUT2D eigenvalue weighted by atomic mass is 19.4. The summed E-state index contributed by atoms with van der Waals surface area (Å²) in [4.78, 5) is 24.4. The van der Waals surface area contributed by atoms with Gasteiger partial charge in [-0.1, -0.05) is 12.1 Å². The van der Waals surface area contributed by atoms with E-state index in [0.717, 1.165) is 12.1 Å². The zero-order valence-electron chi connectivity index (χ0n) is 17.6. The number of aromatic nitrogens is 1. The molecular weight excluding hydrogens is 441 g/mol. The molecule has 4 rings (SSSR count). The topological polar surface area (TPSA) is 89.8 Å². The second-order valence-corrected chi connectivity index (χ2v) is 7.45. The minimum absolute atomic E-state index is 0.0372. The molecule has 1 aromatic heterocycles. The summed E-state index contributed by atoms with van der Waals surface area (Å²) in [6.07, 6.45) is -3.39. The van der Waals surface area contributed by atoms with E-state index < -0.39 is 29.5 Å². The molecule has 0 saturated heterocycles. The molecule has 172 valence electrons. The third-order valence-electron chi connectivity index (χ3n) is 5.52. The molecule has 1 amide bonds. The third kappa shape index (κ3) is 3.99. The number of rotatable bonds is 5. The molecule has 0 unspecified atom stereocenters. The van der Waals surface area contributed by atoms with Crippen molar-refractivity contribution in [2.24, 2.45) is 0 Å². The van der Waals surface area contributed by atoms with E-state index in [1.165, 1.54) is 37.1 Å². The number of anilines is 1. The van der Waals surface area contributed by atoms with Crippen LogP contribution < -0.4 is 14.8 Å². The minimum atomic E-state index is -4.57. The molecule has 0 bridgehead atoms. The minimum Gasteiger partial charge on any atom is -0.493 e. The lowest BCUT2D eigenvalue weighted by Gasteiger charge is -2.27. The number of methoxy groups -OCH3 is 2. The molecule has 7 nitrogen and oxygen atoms in total. The van der Waals surface area contributed by atoms with E-state index in [0.29, 0.717) is 22.8 Å². The number of halogens is 3. The van der Waals surface area contributed by atoms with E-state index in [1.807, 2.05) is 0 Å². The Morgan fingerprint density at radius 1 is 1.12 bits per heavy atom. The Hall–Kier alpha value is -3.95. The van der Waals surface area contributed by atoms with Gasteiger partial charge in [0.1, 0.15) is 5.56 Å². The van der Waals surface area contributed by atoms with E-state index in [4.69, 9.17) is 9.47 Å². The van der Waals surface area contributed by atoms with Crippen molar-refractivity contribution in [1.82, 2.24) is 4.57 Å². The lowest BCUT2D eigenvalue weighted by Crippen LogP contribution is -2.25. The maximum absolute atomic E-state index is 13.3. The molecule has 10 heteroatoms. The van der Waals surface area contributed by atoms with Crippen LogP contribution in [0.15, 0.2) is 48.7 Å². The molecule has 2 aromatic carbocycles. The first-order valence-corrected chi connectivity index (χ1v) is 9.82. The van der Waals surface area contributed by atoms with Crippen LogP contribution in [0, 0.1) is 0 Å². The van der Waals surface area contributed by atoms with Crippen LogP contribution in [-0.4, -0.2) is 35.8 Å². The SMILES string of the molecule is COc1ccc([C@@H]2CC(=O)Nc3c(C(=O)O)cn(-c4cccc(C(F)(F)F)c4)c32)cc1OC. The van der Waals surface area contributed by atoms with Crippen LogP contribution >= 0.6 is 0 Å². The Balaban J connectivity index is 1.95. The zero-order chi connectivity index (χ0) is 23.9. The smallest absolute Gasteiger partial charge is 0.416 e. The highest BCUT2D eigenvalue weighted by Crippen LogP contribution is 2.44. The Morgan fingerprint density at radius 3 is 2.48 bits per heavy atom. The van der Waals surface area contributed by atoms with Crippen LogP contribution in [0.5, 0.6) is 11.5 Å². The largest absolute Gasteiger partial charge is 0.493 e. The number of carboxylic acid groups (broad SMARTS) is 1. The number of carbonyl (C=O) groups excluding carboxylic acids is 1. The quantitative estimate of drug-likeness (QED) is 0.577. The fourth-order valence-electron chi connectivity index (χ4n) is 4.02. The van der Waals surface area contributed by atoms with E-state index in [2.05, 4.69) is 5.32 Å². The monoisotopic (exact) mass is 460 g/mol. The molecular formula is C23H19F3N2O5. The van der Waals surface area contributed by atoms with Crippen LogP contribution in [0.25, 0.3) is 5.69 Å². The van der Waals surface area contributed by atoms with Gasteiger partial charge < -0.3 is 24.5 Å². The van der Waals surface area contributed by atoms with E-state index in [1.54, 1.807) is 18.2 Å². The second-order valence-electron chi connectivity index (χ2n) is 7.45. The Labute approximate surface area is 186 Å². The van der Waals surface area contributed by atoms with Gasteiger partial charge in [0.25, 0.3) is 0 Å². The molecule has 1 atom stereocenters. The molecule has 1 aliphatic rings. The van der Waals surface area contributed by atoms with Crippen molar-refractivity contribution in [3.8, 4) is 17.2 Å². The number of amides is 1. The van der Waals surface area contributed by atoms with Crippen molar-refractivity contribution in [3.63, 3.8) is 0 Å². The van der Waals surface area contributed by atoms with E-state index in [-0.39, 0.29) is 23.4 Å². The molecule has 2 heterocycles. The summed E-state index contributed by atoms with van der Waals surface area (Å²) in [5.74, 6) is -1.51. The highest BCUT2D eigenvalue weighted by Gasteiger charge is 2.36. The number of carboxylic acids is 1. The van der Waals surface area contributed by atoms with Crippen molar-refractivity contribution < 1.29 is 37.3 Å². The molecule has 2 N–H and O–H groups in total. The molecule has 33 heavy (non-hydrogen) atoms. The van der Waals surface area contributed by atoms with Gasteiger partial charge in [-0.25, -0.2) is 4.79 Å². The molecule has 0 aliphatic carbocycles. The van der Waals surface area contributed by atoms with Crippen molar-refractivity contribution in [2.75, 3.05) is 19.5 Å². The van der Waals surface area contributed by atoms with Gasteiger partial charge in [-0.2, -0.15) is 13.2 Å². The number of benzene rings is 2. The zero-order valence-corrected chi connectivity index (χ0v) is 17.6. The summed E-state index contributed by atoms with van der Waals surface area (Å²) in [5.41, 5.74) is 0.0551. The first kappa shape index (κ1) is 22.3. The summed E-state index contributed by atoms with van der Waals surface area (Å²) in [7, 11) is 2.93. The van der Waals surface area contributed by atoms with Gasteiger partial charge in [-0.15, -0.1) is 0 Å². The summed E-state index contributed by atoms with van der Waals surface area (Å²) in [6, 6.07) is 9.59. The van der Waals surface area contributed by atoms with Crippen LogP contribution in [0.4, 0.5) is 18.9 Å². The fraction of sp³-hybridized carbons (Fsp3) is 0.217. The first-order valence-electron chi connectivity index (χ1n) is 9.82. The Kier molecular flexibility index (Phi) is 5.52. The standard InChI is InChI=1S/C23H19F3N2O5/c1-32-17-7-6-12(8-18(17)33-2)15-10-19(29)27-20-16(22(30)31)11-28(21(15)20)14-5-3-4-13(9-14)23(24,25)26/h3-9,11,15H,10H2,1-2H3,(H,27,29)(H,30,31)/t15-/m0/s1. The molecule has 0 spiro atoms. The molecule has 3 aromatic rings. The number of hydrogen-bond acceptors (Lipinski definition) is 4. The Bertz CT molecular complexity index is 1250. The van der Waals surface area contributed by atoms with Gasteiger partial charge in [-0.3, -0.25) is 4.79 Å². The van der Waals surface area contributed by atoms with Crippen LogP contribution in [0.3, 0.4) is 0 Å². The van der Waals surface area contributed by atoms with Gasteiger partial charge >= 0.3 is 12.1 Å². The number of nitrogens with zero attached hydrogens (tertiary/aromatic N) is 1. The van der Waals surface area contributed by atoms with Crippen molar-refractivity contribution in [1.29, 1.82) is 0 Å². The Morgan fingerprint density at radius 2 is 1.85 bits per heavy atom. The van der Waals surface area contributed by atoms with Crippen LogP contribution in [-0.2, 0) is 11.0 Å². The normalized spacial score (nSPS) is 15.5. The number of carbonyl (C=O) groups is 2. The summed E-state index contributed by atoms with van der Waals surface area (Å²) < 4.78 is 51.9. The summed E-state index contributed by atoms with van der Waals surface area (Å²) in [6.45, 7) is 0. The number of hydrogen-bond donors (Lipinski definition) is 2. The lowest BCUT2D eigenvalue weighted by atomic mass is 9.88. The van der Waals surface area contributed by atoms with Crippen molar-refractivity contribution in [3.05, 3.63) is 71.0 Å². The lowest BCUT2D eigenvalue weighted by molar-refractivity contribution is -0.137. The number of aromatic carboxylic acids is 1. The highest BCUT2D eigenvalue weighted by molar-refractivity contribution is 6.04. The number of ether oxygens (including phenoxy) is 2. The number of alkyl halides is 3. The molecule has 0 radical (unpaired) electrons. The molecule has 0 fully saturated rings. The summed E-state index contributed by atoms with van der Waals surface area (Å²) >= 11 is 0. The number of fused-ring (bicyclic) bond motifs is 1. The van der Waals surface area contributed by atoms with Crippen molar-refractivity contribution >= 4 is 17.6 Å². The van der Waals surface area contributed by atoms with Crippen LogP contribution in [0.1, 0.15) is 39.5 Å². The van der Waals surface area contributed by atoms with Gasteiger partial charge in [-0.05, 0) is 35.9 Å². The number of nitrogens with one attached hydrogen (secondary N) is 1. The predicted octanol–water partition coefficient (Wildman–Crippen LogP) is 4.69. The van der Waals surface area contributed by atoms with Crippen molar-refractivity contribution in [2.45, 2.75) is 18.5 Å². The van der Waals surface area contributed by atoms with E-state index in [9.17, 15) is 27.9 Å². The van der Waals surface area contributed by atoms with E-state index >= 15 is 0 Å². The third-order valence-corrected chi connectivity index (χ3v) is 5.52.